The molecule has 3 atom stereocenters. The Balaban J connectivity index is 1.76. The van der Waals surface area contributed by atoms with E-state index in [2.05, 4.69) is 34.6 Å². The molecule has 1 aliphatic rings. The third-order valence-corrected chi connectivity index (χ3v) is 4.41. The van der Waals surface area contributed by atoms with Crippen molar-refractivity contribution in [2.75, 3.05) is 33.8 Å². The Bertz CT molecular complexity index is 478. The van der Waals surface area contributed by atoms with Crippen LogP contribution in [-0.4, -0.2) is 50.8 Å². The van der Waals surface area contributed by atoms with Crippen LogP contribution in [0.2, 0.25) is 0 Å². The normalized spacial score (nSPS) is 22.6. The van der Waals surface area contributed by atoms with E-state index >= 15 is 0 Å². The van der Waals surface area contributed by atoms with E-state index in [1.165, 1.54) is 5.56 Å². The highest BCUT2D eigenvalue weighted by atomic mass is 16.5. The van der Waals surface area contributed by atoms with Crippen molar-refractivity contribution in [3.63, 3.8) is 0 Å². The van der Waals surface area contributed by atoms with Crippen LogP contribution in [0, 0.1) is 5.92 Å². The lowest BCUT2D eigenvalue weighted by Crippen LogP contribution is -2.43. The number of carbonyl (C=O) groups is 1. The van der Waals surface area contributed by atoms with Crippen molar-refractivity contribution in [2.24, 2.45) is 5.92 Å². The molecule has 0 bridgehead atoms. The van der Waals surface area contributed by atoms with Gasteiger partial charge in [0.25, 0.3) is 0 Å². The molecular weight excluding hydrogens is 290 g/mol. The Labute approximate surface area is 139 Å². The van der Waals surface area contributed by atoms with Gasteiger partial charge in [0, 0.05) is 19.7 Å². The van der Waals surface area contributed by atoms with Gasteiger partial charge in [-0.25, -0.2) is 4.79 Å². The molecule has 2 rings (SSSR count). The Morgan fingerprint density at radius 2 is 2.04 bits per heavy atom. The molecule has 2 amide bonds. The Kier molecular flexibility index (Phi) is 6.86. The molecule has 23 heavy (non-hydrogen) atoms. The van der Waals surface area contributed by atoms with Gasteiger partial charge < -0.3 is 20.3 Å². The van der Waals surface area contributed by atoms with E-state index in [1.807, 2.05) is 32.3 Å². The van der Waals surface area contributed by atoms with Gasteiger partial charge >= 0.3 is 6.03 Å². The van der Waals surface area contributed by atoms with Crippen LogP contribution in [0.25, 0.3) is 0 Å². The maximum Gasteiger partial charge on any atom is 0.314 e. The lowest BCUT2D eigenvalue weighted by molar-refractivity contribution is 0.00346. The summed E-state index contributed by atoms with van der Waals surface area (Å²) >= 11 is 0. The number of likely N-dealkylation sites (N-methyl/N-ethyl adjacent to an activating group) is 1. The zero-order valence-electron chi connectivity index (χ0n) is 14.4. The average Bonchev–Trinajstić information content (AvgIpc) is 2.54. The summed E-state index contributed by atoms with van der Waals surface area (Å²) in [5.74, 6) is 0.517. The minimum atomic E-state index is -0.0908. The number of hydrogen-bond acceptors (Lipinski definition) is 3. The standard InChI is InChI=1S/C18H29N3O2/c1-14-11-15(9-10-23-14)12-19-18(22)20-13-17(21(2)3)16-7-5-4-6-8-16/h4-8,14-15,17H,9-13H2,1-3H3,(H2,19,20,22)/t14-,15-,17+/m1/s1. The first-order valence-corrected chi connectivity index (χ1v) is 8.41. The Morgan fingerprint density at radius 1 is 1.30 bits per heavy atom. The molecule has 128 valence electrons. The summed E-state index contributed by atoms with van der Waals surface area (Å²) in [5.41, 5.74) is 1.20. The smallest absolute Gasteiger partial charge is 0.314 e. The summed E-state index contributed by atoms with van der Waals surface area (Å²) in [6, 6.07) is 10.3. The summed E-state index contributed by atoms with van der Waals surface area (Å²) in [6.45, 7) is 4.20. The number of amides is 2. The molecule has 5 nitrogen and oxygen atoms in total. The molecule has 0 unspecified atom stereocenters. The fourth-order valence-corrected chi connectivity index (χ4v) is 3.04. The van der Waals surface area contributed by atoms with Crippen LogP contribution in [0.4, 0.5) is 4.79 Å². The first kappa shape index (κ1) is 17.8. The first-order valence-electron chi connectivity index (χ1n) is 8.41. The third kappa shape index (κ3) is 5.84. The van der Waals surface area contributed by atoms with Gasteiger partial charge in [0.15, 0.2) is 0 Å². The van der Waals surface area contributed by atoms with E-state index in [0.29, 0.717) is 18.6 Å². The van der Waals surface area contributed by atoms with E-state index in [4.69, 9.17) is 4.74 Å². The van der Waals surface area contributed by atoms with Gasteiger partial charge in [-0.2, -0.15) is 0 Å². The number of rotatable bonds is 6. The number of carbonyl (C=O) groups excluding carboxylic acids is 1. The van der Waals surface area contributed by atoms with E-state index in [-0.39, 0.29) is 12.1 Å². The molecule has 1 fully saturated rings. The summed E-state index contributed by atoms with van der Waals surface area (Å²) in [4.78, 5) is 14.2. The van der Waals surface area contributed by atoms with Crippen molar-refractivity contribution in [1.82, 2.24) is 15.5 Å². The second-order valence-electron chi connectivity index (χ2n) is 6.55. The highest BCUT2D eigenvalue weighted by Crippen LogP contribution is 2.19. The first-order chi connectivity index (χ1) is 11.1. The fraction of sp³-hybridized carbons (Fsp3) is 0.611. The number of nitrogens with one attached hydrogen (secondary N) is 2. The van der Waals surface area contributed by atoms with Crippen molar-refractivity contribution in [2.45, 2.75) is 31.9 Å². The van der Waals surface area contributed by atoms with Crippen LogP contribution in [0.3, 0.4) is 0 Å². The maximum absolute atomic E-state index is 12.1. The molecule has 0 saturated carbocycles. The molecule has 1 aliphatic heterocycles. The second kappa shape index (κ2) is 8.89. The molecule has 0 aromatic heterocycles. The number of benzene rings is 1. The molecule has 1 heterocycles. The van der Waals surface area contributed by atoms with Crippen LogP contribution in [0.15, 0.2) is 30.3 Å². The van der Waals surface area contributed by atoms with E-state index in [9.17, 15) is 4.79 Å². The molecule has 5 heteroatoms. The van der Waals surface area contributed by atoms with Gasteiger partial charge in [-0.3, -0.25) is 0 Å². The van der Waals surface area contributed by atoms with Crippen LogP contribution in [-0.2, 0) is 4.74 Å². The van der Waals surface area contributed by atoms with Gasteiger partial charge in [-0.15, -0.1) is 0 Å². The summed E-state index contributed by atoms with van der Waals surface area (Å²) in [6.07, 6.45) is 2.34. The second-order valence-corrected chi connectivity index (χ2v) is 6.55. The Hall–Kier alpha value is -1.59. The predicted molar refractivity (Wildman–Crippen MR) is 92.4 cm³/mol. The van der Waals surface area contributed by atoms with Gasteiger partial charge in [0.05, 0.1) is 12.1 Å². The predicted octanol–water partition coefficient (Wildman–Crippen LogP) is 2.40. The van der Waals surface area contributed by atoms with Gasteiger partial charge in [0.2, 0.25) is 0 Å². The number of nitrogens with zero attached hydrogens (tertiary/aromatic N) is 1. The van der Waals surface area contributed by atoms with E-state index < -0.39 is 0 Å². The minimum absolute atomic E-state index is 0.0908. The molecule has 0 spiro atoms. The molecule has 0 aliphatic carbocycles. The van der Waals surface area contributed by atoms with Crippen molar-refractivity contribution in [1.29, 1.82) is 0 Å². The zero-order chi connectivity index (χ0) is 16.7. The monoisotopic (exact) mass is 319 g/mol. The zero-order valence-corrected chi connectivity index (χ0v) is 14.4. The third-order valence-electron chi connectivity index (χ3n) is 4.41. The quantitative estimate of drug-likeness (QED) is 0.846. The number of urea groups is 1. The van der Waals surface area contributed by atoms with Crippen LogP contribution in [0.1, 0.15) is 31.4 Å². The average molecular weight is 319 g/mol. The molecule has 1 aromatic carbocycles. The van der Waals surface area contributed by atoms with Crippen LogP contribution < -0.4 is 10.6 Å². The molecular formula is C18H29N3O2. The number of ether oxygens (including phenoxy) is 1. The van der Waals surface area contributed by atoms with Crippen molar-refractivity contribution >= 4 is 6.03 Å². The van der Waals surface area contributed by atoms with Crippen molar-refractivity contribution in [3.8, 4) is 0 Å². The molecule has 1 aromatic rings. The van der Waals surface area contributed by atoms with Crippen molar-refractivity contribution < 1.29 is 9.53 Å². The molecule has 2 N–H and O–H groups in total. The summed E-state index contributed by atoms with van der Waals surface area (Å²) < 4.78 is 5.54. The SMILES string of the molecule is C[C@@H]1C[C@H](CNC(=O)NC[C@@H](c2ccccc2)N(C)C)CCO1. The minimum Gasteiger partial charge on any atom is -0.378 e. The maximum atomic E-state index is 12.1. The fourth-order valence-electron chi connectivity index (χ4n) is 3.04. The summed E-state index contributed by atoms with van der Waals surface area (Å²) in [5, 5.41) is 5.98. The van der Waals surface area contributed by atoms with Crippen molar-refractivity contribution in [3.05, 3.63) is 35.9 Å². The lowest BCUT2D eigenvalue weighted by Gasteiger charge is -2.28. The van der Waals surface area contributed by atoms with Crippen LogP contribution in [0.5, 0.6) is 0 Å². The van der Waals surface area contributed by atoms with E-state index in [1.54, 1.807) is 0 Å². The van der Waals surface area contributed by atoms with Gasteiger partial charge in [-0.1, -0.05) is 30.3 Å². The molecule has 0 radical (unpaired) electrons. The summed E-state index contributed by atoms with van der Waals surface area (Å²) in [7, 11) is 4.06. The number of hydrogen-bond donors (Lipinski definition) is 2. The lowest BCUT2D eigenvalue weighted by atomic mass is 9.96. The molecule has 1 saturated heterocycles. The van der Waals surface area contributed by atoms with Gasteiger partial charge in [0.1, 0.15) is 0 Å². The largest absolute Gasteiger partial charge is 0.378 e. The highest BCUT2D eigenvalue weighted by molar-refractivity contribution is 5.73. The van der Waals surface area contributed by atoms with Crippen LogP contribution >= 0.6 is 0 Å². The topological polar surface area (TPSA) is 53.6 Å². The highest BCUT2D eigenvalue weighted by Gasteiger charge is 2.20. The van der Waals surface area contributed by atoms with E-state index in [0.717, 1.165) is 26.0 Å². The van der Waals surface area contributed by atoms with Gasteiger partial charge in [-0.05, 0) is 45.3 Å². The Morgan fingerprint density at radius 3 is 2.70 bits per heavy atom.